The Morgan fingerprint density at radius 3 is 1.79 bits per heavy atom. The first kappa shape index (κ1) is 30.6. The molecule has 0 saturated heterocycles. The molecule has 224 valence electrons. The molecule has 0 aliphatic carbocycles. The van der Waals surface area contributed by atoms with Gasteiger partial charge in [0, 0.05) is 29.5 Å². The molecule has 0 spiro atoms. The Balaban J connectivity index is 1.58. The van der Waals surface area contributed by atoms with Gasteiger partial charge in [-0.3, -0.25) is 9.59 Å². The van der Waals surface area contributed by atoms with Crippen LogP contribution in [0.3, 0.4) is 0 Å². The van der Waals surface area contributed by atoms with E-state index in [-0.39, 0.29) is 12.4 Å². The maximum absolute atomic E-state index is 14.0. The summed E-state index contributed by atoms with van der Waals surface area (Å²) in [6.45, 7) is 0.0244. The van der Waals surface area contributed by atoms with Gasteiger partial charge in [-0.1, -0.05) is 30.3 Å². The molecule has 1 amide bonds. The molecule has 0 fully saturated rings. The third-order valence-electron chi connectivity index (χ3n) is 6.58. The zero-order valence-corrected chi connectivity index (χ0v) is 24.8. The molecule has 0 aliphatic rings. The molecule has 0 bridgehead atoms. The van der Waals surface area contributed by atoms with Gasteiger partial charge >= 0.3 is 0 Å². The van der Waals surface area contributed by atoms with Crippen LogP contribution in [0.25, 0.3) is 10.8 Å². The smallest absolute Gasteiger partial charge is 0.248 e. The number of fused-ring (bicyclic) bond motifs is 1. The van der Waals surface area contributed by atoms with Crippen LogP contribution in [-0.4, -0.2) is 61.0 Å². The van der Waals surface area contributed by atoms with Crippen LogP contribution in [0.15, 0.2) is 72.8 Å². The molecular weight excluding hydrogens is 554 g/mol. The van der Waals surface area contributed by atoms with Gasteiger partial charge < -0.3 is 38.5 Å². The molecule has 0 heterocycles. The Morgan fingerprint density at radius 2 is 1.23 bits per heavy atom. The summed E-state index contributed by atoms with van der Waals surface area (Å²) in [6, 6.07) is 17.6. The Bertz CT molecular complexity index is 1610. The zero-order chi connectivity index (χ0) is 30.9. The number of rotatable bonds is 13. The van der Waals surface area contributed by atoms with E-state index in [0.717, 1.165) is 5.39 Å². The topological polar surface area (TPSA) is 111 Å². The zero-order valence-electron chi connectivity index (χ0n) is 24.8. The normalized spacial score (nSPS) is 10.7. The van der Waals surface area contributed by atoms with Gasteiger partial charge in [0.2, 0.25) is 17.4 Å². The fourth-order valence-corrected chi connectivity index (χ4v) is 4.59. The number of ether oxygens (including phenoxy) is 7. The number of methoxy groups -OCH3 is 6. The van der Waals surface area contributed by atoms with Gasteiger partial charge in [0.05, 0.1) is 48.2 Å². The lowest BCUT2D eigenvalue weighted by molar-refractivity contribution is -0.111. The lowest BCUT2D eigenvalue weighted by atomic mass is 9.95. The molecule has 4 aromatic carbocycles. The third-order valence-corrected chi connectivity index (χ3v) is 6.58. The fourth-order valence-electron chi connectivity index (χ4n) is 4.59. The van der Waals surface area contributed by atoms with Crippen LogP contribution in [-0.2, 0) is 4.79 Å². The monoisotopic (exact) mass is 587 g/mol. The average Bonchev–Trinajstić information content (AvgIpc) is 3.04. The second-order valence-corrected chi connectivity index (χ2v) is 9.02. The van der Waals surface area contributed by atoms with Gasteiger partial charge in [0.15, 0.2) is 28.8 Å². The van der Waals surface area contributed by atoms with Crippen molar-refractivity contribution in [3.63, 3.8) is 0 Å². The quantitative estimate of drug-likeness (QED) is 0.156. The maximum atomic E-state index is 14.0. The predicted molar refractivity (Wildman–Crippen MR) is 163 cm³/mol. The van der Waals surface area contributed by atoms with E-state index < -0.39 is 5.91 Å². The van der Waals surface area contributed by atoms with Gasteiger partial charge in [-0.2, -0.15) is 0 Å². The number of anilines is 1. The molecule has 0 atom stereocenters. The largest absolute Gasteiger partial charge is 0.493 e. The van der Waals surface area contributed by atoms with Crippen LogP contribution in [0.1, 0.15) is 15.9 Å². The SMILES string of the molecule is COc1cc(NC(=O)/C=C/COc2ccc3ccccc3c2C(=O)c2cc(OC)c(OC)c(OC)c2)cc(OC)c1OC. The molecule has 0 aromatic heterocycles. The number of ketones is 1. The first-order valence-electron chi connectivity index (χ1n) is 13.2. The highest BCUT2D eigenvalue weighted by Crippen LogP contribution is 2.41. The fraction of sp³-hybridized carbons (Fsp3) is 0.212. The van der Waals surface area contributed by atoms with Gasteiger partial charge in [0.25, 0.3) is 0 Å². The number of carbonyl (C=O) groups is 2. The van der Waals surface area contributed by atoms with Crippen molar-refractivity contribution in [2.24, 2.45) is 0 Å². The Kier molecular flexibility index (Phi) is 9.95. The minimum atomic E-state index is -0.398. The minimum absolute atomic E-state index is 0.0244. The molecule has 0 saturated carbocycles. The van der Waals surface area contributed by atoms with Crippen molar-refractivity contribution >= 4 is 28.2 Å². The summed E-state index contributed by atoms with van der Waals surface area (Å²) in [7, 11) is 8.96. The summed E-state index contributed by atoms with van der Waals surface area (Å²) in [4.78, 5) is 26.6. The van der Waals surface area contributed by atoms with Crippen molar-refractivity contribution in [3.05, 3.63) is 83.9 Å². The van der Waals surface area contributed by atoms with E-state index in [1.54, 1.807) is 36.4 Å². The van der Waals surface area contributed by atoms with E-state index in [1.165, 1.54) is 48.7 Å². The minimum Gasteiger partial charge on any atom is -0.493 e. The number of hydrogen-bond acceptors (Lipinski definition) is 9. The number of nitrogens with one attached hydrogen (secondary N) is 1. The number of carbonyl (C=O) groups excluding carboxylic acids is 2. The van der Waals surface area contributed by atoms with Crippen molar-refractivity contribution in [3.8, 4) is 40.2 Å². The maximum Gasteiger partial charge on any atom is 0.248 e. The Morgan fingerprint density at radius 1 is 0.674 bits per heavy atom. The average molecular weight is 588 g/mol. The van der Waals surface area contributed by atoms with Crippen molar-refractivity contribution in [2.75, 3.05) is 54.6 Å². The van der Waals surface area contributed by atoms with Crippen molar-refractivity contribution in [1.82, 2.24) is 0 Å². The highest BCUT2D eigenvalue weighted by Gasteiger charge is 2.23. The van der Waals surface area contributed by atoms with E-state index in [1.807, 2.05) is 30.3 Å². The molecule has 10 heteroatoms. The molecular formula is C33H33NO9. The molecule has 43 heavy (non-hydrogen) atoms. The van der Waals surface area contributed by atoms with Crippen LogP contribution < -0.4 is 38.5 Å². The van der Waals surface area contributed by atoms with Crippen molar-refractivity contribution in [2.45, 2.75) is 0 Å². The summed E-state index contributed by atoms with van der Waals surface area (Å²) in [5.41, 5.74) is 1.15. The van der Waals surface area contributed by atoms with Crippen molar-refractivity contribution < 1.29 is 42.7 Å². The lowest BCUT2D eigenvalue weighted by Gasteiger charge is -2.16. The molecule has 0 unspecified atom stereocenters. The van der Waals surface area contributed by atoms with E-state index in [2.05, 4.69) is 5.32 Å². The standard InChI is InChI=1S/C33H33NO9/c1-37-25-16-21(17-26(38-2)32(25)41-5)31(36)30-23-11-8-7-10-20(23)13-14-24(30)43-15-9-12-29(35)34-22-18-27(39-3)33(42-6)28(19-22)40-4/h7-14,16-19H,15H2,1-6H3,(H,34,35)/b12-9+. The molecule has 10 nitrogen and oxygen atoms in total. The molecule has 4 rings (SSSR count). The first-order chi connectivity index (χ1) is 20.9. The highest BCUT2D eigenvalue weighted by atomic mass is 16.5. The third kappa shape index (κ3) is 6.59. The lowest BCUT2D eigenvalue weighted by Crippen LogP contribution is -2.10. The Hall–Kier alpha value is -5.38. The summed E-state index contributed by atoms with van der Waals surface area (Å²) in [6.07, 6.45) is 2.89. The van der Waals surface area contributed by atoms with Crippen LogP contribution in [0.5, 0.6) is 40.2 Å². The summed E-state index contributed by atoms with van der Waals surface area (Å²) in [5, 5.41) is 4.34. The highest BCUT2D eigenvalue weighted by molar-refractivity contribution is 6.18. The molecule has 1 N–H and O–H groups in total. The molecule has 4 aromatic rings. The van der Waals surface area contributed by atoms with Gasteiger partial charge in [-0.25, -0.2) is 0 Å². The second-order valence-electron chi connectivity index (χ2n) is 9.02. The Labute approximate surface area is 249 Å². The van der Waals surface area contributed by atoms with E-state index in [4.69, 9.17) is 33.2 Å². The summed E-state index contributed by atoms with van der Waals surface area (Å²) >= 11 is 0. The van der Waals surface area contributed by atoms with Gasteiger partial charge in [-0.15, -0.1) is 0 Å². The number of benzene rings is 4. The second kappa shape index (κ2) is 14.0. The van der Waals surface area contributed by atoms with Gasteiger partial charge in [0.1, 0.15) is 12.4 Å². The number of hydrogen-bond donors (Lipinski definition) is 1. The predicted octanol–water partition coefficient (Wildman–Crippen LogP) is 5.70. The first-order valence-corrected chi connectivity index (χ1v) is 13.2. The van der Waals surface area contributed by atoms with Crippen LogP contribution in [0, 0.1) is 0 Å². The van der Waals surface area contributed by atoms with E-state index in [0.29, 0.717) is 62.4 Å². The van der Waals surface area contributed by atoms with E-state index in [9.17, 15) is 9.59 Å². The van der Waals surface area contributed by atoms with Gasteiger partial charge in [-0.05, 0) is 35.0 Å². The summed E-state index contributed by atoms with van der Waals surface area (Å²) < 4.78 is 38.3. The molecule has 0 radical (unpaired) electrons. The molecule has 0 aliphatic heterocycles. The van der Waals surface area contributed by atoms with E-state index >= 15 is 0 Å². The summed E-state index contributed by atoms with van der Waals surface area (Å²) in [5.74, 6) is 1.98. The van der Waals surface area contributed by atoms with Crippen LogP contribution >= 0.6 is 0 Å². The van der Waals surface area contributed by atoms with Crippen LogP contribution in [0.2, 0.25) is 0 Å². The number of amides is 1. The van der Waals surface area contributed by atoms with Crippen molar-refractivity contribution in [1.29, 1.82) is 0 Å². The van der Waals surface area contributed by atoms with Crippen LogP contribution in [0.4, 0.5) is 5.69 Å².